The zero-order valence-electron chi connectivity index (χ0n) is 23.8. The Morgan fingerprint density at radius 1 is 0.673 bits per heavy atom. The smallest absolute Gasteiger partial charge is 0.407 e. The zero-order valence-corrected chi connectivity index (χ0v) is 24.6. The SMILES string of the molecule is O=C(OC[C@H]1O[C@@]2(OC(=O)c3cc(O)c(O)c(O)c3)OS(=O)O[C@]2(O)[C@@H](OC(=O)c2cc(O)c(O)c(O)c2)[C@@H]1O)c1cc(O)c(O)c(O)c1. The highest BCUT2D eigenvalue weighted by Gasteiger charge is 2.77. The van der Waals surface area contributed by atoms with Crippen molar-refractivity contribution in [1.82, 2.24) is 0 Å². The van der Waals surface area contributed by atoms with Gasteiger partial charge in [-0.1, -0.05) is 0 Å². The van der Waals surface area contributed by atoms with Crippen LogP contribution >= 0.6 is 0 Å². The molecule has 0 bridgehead atoms. The first-order valence-corrected chi connectivity index (χ1v) is 14.1. The number of carbonyl (C=O) groups excluding carboxylic acids is 3. The van der Waals surface area contributed by atoms with Crippen LogP contribution in [0.25, 0.3) is 0 Å². The minimum Gasteiger partial charge on any atom is -0.504 e. The summed E-state index contributed by atoms with van der Waals surface area (Å²) in [6.45, 7) is -1.15. The minimum atomic E-state index is -3.60. The van der Waals surface area contributed by atoms with Gasteiger partial charge in [0.1, 0.15) is 18.8 Å². The van der Waals surface area contributed by atoms with Crippen LogP contribution in [0.2, 0.25) is 0 Å². The number of benzene rings is 3. The van der Waals surface area contributed by atoms with Gasteiger partial charge >= 0.3 is 41.0 Å². The maximum absolute atomic E-state index is 13.1. The number of phenols is 9. The lowest BCUT2D eigenvalue weighted by Crippen LogP contribution is -2.73. The number of aliphatic hydroxyl groups excluding tert-OH is 1. The average Bonchev–Trinajstić information content (AvgIpc) is 3.29. The standard InChI is InChI=1S/C27H22O21S/c28-11-1-8(2-12(29)18(11)34)23(38)43-7-17-21(37)22(44-24(39)9-3-13(30)19(35)14(31)4-9)26(41)27(45-17,48-49(42)47-26)46-25(40)10-5-15(32)20(36)16(33)6-10/h1-6,17,21-22,28-37,41H,7H2/t17-,21-,22+,26-,27+,49?/m1/s1. The molecule has 22 heteroatoms. The fourth-order valence-corrected chi connectivity index (χ4v) is 5.32. The molecule has 2 saturated heterocycles. The predicted molar refractivity (Wildman–Crippen MR) is 148 cm³/mol. The van der Waals surface area contributed by atoms with E-state index in [1.165, 1.54) is 0 Å². The third-order valence-electron chi connectivity index (χ3n) is 6.95. The molecule has 0 aliphatic carbocycles. The monoisotopic (exact) mass is 714 g/mol. The van der Waals surface area contributed by atoms with Gasteiger partial charge in [-0.2, -0.15) is 8.39 Å². The quantitative estimate of drug-likeness (QED) is 0.0794. The van der Waals surface area contributed by atoms with Crippen LogP contribution in [0.1, 0.15) is 31.1 Å². The van der Waals surface area contributed by atoms with Crippen molar-refractivity contribution in [3.63, 3.8) is 0 Å². The van der Waals surface area contributed by atoms with Crippen LogP contribution in [0.15, 0.2) is 36.4 Å². The lowest BCUT2D eigenvalue weighted by atomic mass is 9.93. The first kappa shape index (κ1) is 34.6. The van der Waals surface area contributed by atoms with Gasteiger partial charge in [0.15, 0.2) is 57.8 Å². The number of rotatable bonds is 7. The summed E-state index contributed by atoms with van der Waals surface area (Å²) in [4.78, 5) is 38.9. The highest BCUT2D eigenvalue weighted by atomic mass is 32.2. The van der Waals surface area contributed by atoms with Crippen molar-refractivity contribution >= 4 is 29.3 Å². The van der Waals surface area contributed by atoms with Crippen LogP contribution in [0.4, 0.5) is 0 Å². The number of hydrogen-bond acceptors (Lipinski definition) is 21. The number of fused-ring (bicyclic) bond motifs is 1. The van der Waals surface area contributed by atoms with Crippen LogP contribution < -0.4 is 0 Å². The molecule has 262 valence electrons. The minimum absolute atomic E-state index is 0.556. The molecule has 2 heterocycles. The largest absolute Gasteiger partial charge is 0.504 e. The molecule has 0 amide bonds. The van der Waals surface area contributed by atoms with Gasteiger partial charge in [-0.05, 0) is 36.4 Å². The molecule has 0 aromatic heterocycles. The average molecular weight is 715 g/mol. The number of aliphatic hydroxyl groups is 2. The molecule has 11 N–H and O–H groups in total. The normalized spacial score (nSPS) is 26.0. The van der Waals surface area contributed by atoms with E-state index < -0.39 is 134 Å². The van der Waals surface area contributed by atoms with Gasteiger partial charge in [0, 0.05) is 0 Å². The maximum atomic E-state index is 13.1. The molecule has 5 rings (SSSR count). The third-order valence-corrected chi connectivity index (χ3v) is 7.70. The fourth-order valence-electron chi connectivity index (χ4n) is 4.51. The van der Waals surface area contributed by atoms with E-state index in [0.717, 1.165) is 0 Å². The third kappa shape index (κ3) is 6.05. The van der Waals surface area contributed by atoms with Crippen LogP contribution in [-0.4, -0.2) is 115 Å². The molecule has 0 saturated carbocycles. The Balaban J connectivity index is 1.53. The molecule has 3 aromatic carbocycles. The second-order valence-corrected chi connectivity index (χ2v) is 10.9. The summed E-state index contributed by atoms with van der Waals surface area (Å²) < 4.78 is 42.9. The van der Waals surface area contributed by atoms with E-state index in [0.29, 0.717) is 36.4 Å². The van der Waals surface area contributed by atoms with Crippen molar-refractivity contribution in [3.8, 4) is 51.7 Å². The first-order chi connectivity index (χ1) is 22.9. The van der Waals surface area contributed by atoms with Gasteiger partial charge in [0.25, 0.3) is 0 Å². The second kappa shape index (κ2) is 12.3. The van der Waals surface area contributed by atoms with Crippen LogP contribution in [0, 0.1) is 0 Å². The topological polar surface area (TPSA) is 346 Å². The Labute approximate surface area is 273 Å². The first-order valence-electron chi connectivity index (χ1n) is 13.1. The highest BCUT2D eigenvalue weighted by Crippen LogP contribution is 2.49. The summed E-state index contributed by atoms with van der Waals surface area (Å²) >= 11 is -3.17. The molecule has 49 heavy (non-hydrogen) atoms. The van der Waals surface area contributed by atoms with Gasteiger partial charge < -0.3 is 75.1 Å². The van der Waals surface area contributed by atoms with Crippen molar-refractivity contribution < 1.29 is 102 Å². The number of hydrogen-bond donors (Lipinski definition) is 11. The van der Waals surface area contributed by atoms with Crippen LogP contribution in [0.3, 0.4) is 0 Å². The summed E-state index contributed by atoms with van der Waals surface area (Å²) in [6.07, 6.45) is -7.13. The Hall–Kier alpha value is -5.78. The second-order valence-electron chi connectivity index (χ2n) is 10.2. The van der Waals surface area contributed by atoms with Gasteiger partial charge in [-0.15, -0.1) is 0 Å². The molecule has 3 aromatic rings. The van der Waals surface area contributed by atoms with E-state index in [2.05, 4.69) is 0 Å². The molecule has 0 spiro atoms. The van der Waals surface area contributed by atoms with E-state index >= 15 is 0 Å². The van der Waals surface area contributed by atoms with Gasteiger partial charge in [0.05, 0.1) is 16.7 Å². The molecule has 2 fully saturated rings. The summed E-state index contributed by atoms with van der Waals surface area (Å²) in [7, 11) is 0. The fraction of sp³-hybridized carbons (Fsp3) is 0.222. The Morgan fingerprint density at radius 3 is 1.53 bits per heavy atom. The summed E-state index contributed by atoms with van der Waals surface area (Å²) in [5, 5.41) is 110. The Kier molecular flexibility index (Phi) is 8.71. The van der Waals surface area contributed by atoms with Crippen molar-refractivity contribution in [3.05, 3.63) is 53.1 Å². The summed E-state index contributed by atoms with van der Waals surface area (Å²) in [5.74, 6) is -20.9. The number of aromatic hydroxyl groups is 9. The molecule has 6 atom stereocenters. The number of ether oxygens (including phenoxy) is 4. The van der Waals surface area contributed by atoms with Gasteiger partial charge in [0.2, 0.25) is 0 Å². The predicted octanol–water partition coefficient (Wildman–Crippen LogP) is -0.996. The van der Waals surface area contributed by atoms with Gasteiger partial charge in [-0.3, -0.25) is 0 Å². The lowest BCUT2D eigenvalue weighted by Gasteiger charge is -2.47. The molecular weight excluding hydrogens is 692 g/mol. The Bertz CT molecular complexity index is 1820. The molecular formula is C27H22O21S. The molecule has 1 unspecified atom stereocenters. The zero-order chi connectivity index (χ0) is 36.2. The van der Waals surface area contributed by atoms with E-state index in [4.69, 9.17) is 27.3 Å². The molecule has 21 nitrogen and oxygen atoms in total. The Morgan fingerprint density at radius 2 is 1.08 bits per heavy atom. The summed E-state index contributed by atoms with van der Waals surface area (Å²) in [6, 6.07) is 3.61. The van der Waals surface area contributed by atoms with Crippen LogP contribution in [0.5, 0.6) is 51.7 Å². The van der Waals surface area contributed by atoms with Crippen LogP contribution in [-0.2, 0) is 38.7 Å². The van der Waals surface area contributed by atoms with Crippen molar-refractivity contribution in [2.75, 3.05) is 6.61 Å². The molecule has 0 radical (unpaired) electrons. The van der Waals surface area contributed by atoms with Crippen molar-refractivity contribution in [2.45, 2.75) is 30.1 Å². The van der Waals surface area contributed by atoms with E-state index in [1.807, 2.05) is 0 Å². The summed E-state index contributed by atoms with van der Waals surface area (Å²) in [5.41, 5.74) is -2.08. The van der Waals surface area contributed by atoms with E-state index in [-0.39, 0.29) is 0 Å². The number of carbonyl (C=O) groups is 3. The van der Waals surface area contributed by atoms with E-state index in [1.54, 1.807) is 0 Å². The maximum Gasteiger partial charge on any atom is 0.407 e. The van der Waals surface area contributed by atoms with E-state index in [9.17, 15) is 74.8 Å². The lowest BCUT2D eigenvalue weighted by molar-refractivity contribution is -0.469. The van der Waals surface area contributed by atoms with Gasteiger partial charge in [-0.25, -0.2) is 18.6 Å². The molecule has 2 aliphatic heterocycles. The highest BCUT2D eigenvalue weighted by molar-refractivity contribution is 7.75. The number of esters is 3. The van der Waals surface area contributed by atoms with Crippen molar-refractivity contribution in [1.29, 1.82) is 0 Å². The molecule has 2 aliphatic rings. The number of phenolic OH excluding ortho intramolecular Hbond substituents is 9. The van der Waals surface area contributed by atoms with Crippen molar-refractivity contribution in [2.24, 2.45) is 0 Å².